The first-order valence-electron chi connectivity index (χ1n) is 5.24. The Morgan fingerprint density at radius 2 is 2.23 bits per heavy atom. The average Bonchev–Trinajstić information content (AvgIpc) is 2.15. The normalized spacial score (nSPS) is 26.0. The number of nitrogens with zero attached hydrogens (tertiary/aromatic N) is 2. The first kappa shape index (κ1) is 10.7. The van der Waals surface area contributed by atoms with Crippen molar-refractivity contribution in [3.05, 3.63) is 12.2 Å². The van der Waals surface area contributed by atoms with Crippen LogP contribution in [0.25, 0.3) is 0 Å². The van der Waals surface area contributed by atoms with Crippen LogP contribution in [0.4, 0.5) is 0 Å². The van der Waals surface area contributed by atoms with Crippen LogP contribution in [0.1, 0.15) is 19.8 Å². The standard InChI is InChI=1S/C11H22N2/c1-4-5-8-13-9-6-7-11(10-13)12(2)3/h4-5,11H,6-10H2,1-3H3/b5-4+. The lowest BCUT2D eigenvalue weighted by Gasteiger charge is -2.35. The van der Waals surface area contributed by atoms with Crippen molar-refractivity contribution in [2.75, 3.05) is 33.7 Å². The molecule has 0 amide bonds. The number of likely N-dealkylation sites (tertiary alicyclic amines) is 1. The molecule has 1 saturated heterocycles. The average molecular weight is 182 g/mol. The lowest BCUT2D eigenvalue weighted by molar-refractivity contribution is 0.143. The first-order chi connectivity index (χ1) is 6.24. The van der Waals surface area contributed by atoms with E-state index < -0.39 is 0 Å². The Hall–Kier alpha value is -0.340. The van der Waals surface area contributed by atoms with Gasteiger partial charge >= 0.3 is 0 Å². The van der Waals surface area contributed by atoms with Gasteiger partial charge in [0.2, 0.25) is 0 Å². The maximum Gasteiger partial charge on any atom is 0.0217 e. The third-order valence-corrected chi connectivity index (χ3v) is 2.81. The van der Waals surface area contributed by atoms with Gasteiger partial charge in [0.1, 0.15) is 0 Å². The van der Waals surface area contributed by atoms with Gasteiger partial charge in [-0.2, -0.15) is 0 Å². The predicted octanol–water partition coefficient (Wildman–Crippen LogP) is 1.59. The summed E-state index contributed by atoms with van der Waals surface area (Å²) in [5, 5.41) is 0. The monoisotopic (exact) mass is 182 g/mol. The third kappa shape index (κ3) is 3.49. The van der Waals surface area contributed by atoms with Crippen molar-refractivity contribution in [3.8, 4) is 0 Å². The number of likely N-dealkylation sites (N-methyl/N-ethyl adjacent to an activating group) is 1. The lowest BCUT2D eigenvalue weighted by atomic mass is 10.1. The number of allylic oxidation sites excluding steroid dienone is 1. The van der Waals surface area contributed by atoms with E-state index in [1.165, 1.54) is 25.9 Å². The highest BCUT2D eigenvalue weighted by Gasteiger charge is 2.19. The van der Waals surface area contributed by atoms with Gasteiger partial charge in [0.15, 0.2) is 0 Å². The smallest absolute Gasteiger partial charge is 0.0217 e. The van der Waals surface area contributed by atoms with Crippen LogP contribution in [0, 0.1) is 0 Å². The lowest BCUT2D eigenvalue weighted by Crippen LogP contribution is -2.45. The van der Waals surface area contributed by atoms with Crippen LogP contribution in [0.5, 0.6) is 0 Å². The number of hydrogen-bond acceptors (Lipinski definition) is 2. The van der Waals surface area contributed by atoms with Gasteiger partial charge in [0.05, 0.1) is 0 Å². The summed E-state index contributed by atoms with van der Waals surface area (Å²) < 4.78 is 0. The molecule has 0 aromatic carbocycles. The van der Waals surface area contributed by atoms with Crippen molar-refractivity contribution < 1.29 is 0 Å². The Labute approximate surface area is 82.2 Å². The van der Waals surface area contributed by atoms with Crippen molar-refractivity contribution in [1.29, 1.82) is 0 Å². The Morgan fingerprint density at radius 3 is 2.85 bits per heavy atom. The van der Waals surface area contributed by atoms with Crippen molar-refractivity contribution in [1.82, 2.24) is 9.80 Å². The molecule has 0 aliphatic carbocycles. The van der Waals surface area contributed by atoms with Crippen molar-refractivity contribution >= 4 is 0 Å². The van der Waals surface area contributed by atoms with Gasteiger partial charge in [0.25, 0.3) is 0 Å². The predicted molar refractivity (Wildman–Crippen MR) is 58.0 cm³/mol. The topological polar surface area (TPSA) is 6.48 Å². The Bertz CT molecular complexity index is 163. The molecule has 1 aliphatic heterocycles. The van der Waals surface area contributed by atoms with E-state index in [1.54, 1.807) is 0 Å². The van der Waals surface area contributed by atoms with E-state index in [0.29, 0.717) is 0 Å². The van der Waals surface area contributed by atoms with E-state index in [2.05, 4.69) is 43.0 Å². The van der Waals surface area contributed by atoms with Gasteiger partial charge in [-0.25, -0.2) is 0 Å². The summed E-state index contributed by atoms with van der Waals surface area (Å²) in [5.41, 5.74) is 0. The van der Waals surface area contributed by atoms with Crippen molar-refractivity contribution in [2.24, 2.45) is 0 Å². The van der Waals surface area contributed by atoms with Crippen molar-refractivity contribution in [2.45, 2.75) is 25.8 Å². The molecule has 0 N–H and O–H groups in total. The fourth-order valence-electron chi connectivity index (χ4n) is 1.87. The summed E-state index contributed by atoms with van der Waals surface area (Å²) in [7, 11) is 4.37. The molecular weight excluding hydrogens is 160 g/mol. The van der Waals surface area contributed by atoms with Gasteiger partial charge in [0, 0.05) is 19.1 Å². The minimum absolute atomic E-state index is 0.763. The second-order valence-electron chi connectivity index (χ2n) is 4.09. The molecule has 0 spiro atoms. The first-order valence-corrected chi connectivity index (χ1v) is 5.24. The maximum absolute atomic E-state index is 2.54. The van der Waals surface area contributed by atoms with Crippen LogP contribution in [0.3, 0.4) is 0 Å². The van der Waals surface area contributed by atoms with E-state index in [0.717, 1.165) is 12.6 Å². The largest absolute Gasteiger partial charge is 0.305 e. The molecule has 0 saturated carbocycles. The summed E-state index contributed by atoms with van der Waals surface area (Å²) in [6.07, 6.45) is 7.09. The number of rotatable bonds is 3. The zero-order valence-electron chi connectivity index (χ0n) is 9.16. The quantitative estimate of drug-likeness (QED) is 0.612. The van der Waals surface area contributed by atoms with E-state index in [9.17, 15) is 0 Å². The van der Waals surface area contributed by atoms with E-state index in [-0.39, 0.29) is 0 Å². The molecule has 1 fully saturated rings. The molecule has 2 nitrogen and oxygen atoms in total. The second-order valence-corrected chi connectivity index (χ2v) is 4.09. The summed E-state index contributed by atoms with van der Waals surface area (Å²) in [6.45, 7) is 5.72. The highest BCUT2D eigenvalue weighted by atomic mass is 15.2. The summed E-state index contributed by atoms with van der Waals surface area (Å²) in [5.74, 6) is 0. The molecule has 0 aromatic heterocycles. The molecule has 1 aliphatic rings. The summed E-state index contributed by atoms with van der Waals surface area (Å²) in [6, 6.07) is 0.763. The molecule has 76 valence electrons. The van der Waals surface area contributed by atoms with Crippen molar-refractivity contribution in [3.63, 3.8) is 0 Å². The molecule has 1 heterocycles. The molecule has 1 rings (SSSR count). The molecule has 0 aromatic rings. The van der Waals surface area contributed by atoms with Crippen LogP contribution < -0.4 is 0 Å². The van der Waals surface area contributed by atoms with Gasteiger partial charge < -0.3 is 4.90 Å². The maximum atomic E-state index is 2.54. The molecule has 0 radical (unpaired) electrons. The third-order valence-electron chi connectivity index (χ3n) is 2.81. The van der Waals surface area contributed by atoms with Crippen LogP contribution >= 0.6 is 0 Å². The van der Waals surface area contributed by atoms with Crippen LogP contribution in [0.2, 0.25) is 0 Å². The van der Waals surface area contributed by atoms with Crippen LogP contribution in [-0.4, -0.2) is 49.6 Å². The molecule has 1 atom stereocenters. The highest BCUT2D eigenvalue weighted by molar-refractivity contribution is 4.85. The number of piperidine rings is 1. The molecule has 2 heteroatoms. The summed E-state index contributed by atoms with van der Waals surface area (Å²) in [4.78, 5) is 4.88. The molecular formula is C11H22N2. The minimum atomic E-state index is 0.763. The second kappa shape index (κ2) is 5.40. The van der Waals surface area contributed by atoms with Gasteiger partial charge in [-0.3, -0.25) is 4.90 Å². The fourth-order valence-corrected chi connectivity index (χ4v) is 1.87. The van der Waals surface area contributed by atoms with Gasteiger partial charge in [-0.05, 0) is 40.4 Å². The van der Waals surface area contributed by atoms with E-state index in [4.69, 9.17) is 0 Å². The summed E-state index contributed by atoms with van der Waals surface area (Å²) >= 11 is 0. The fraction of sp³-hybridized carbons (Fsp3) is 0.818. The molecule has 1 unspecified atom stereocenters. The van der Waals surface area contributed by atoms with Crippen LogP contribution in [0.15, 0.2) is 12.2 Å². The zero-order valence-corrected chi connectivity index (χ0v) is 9.16. The zero-order chi connectivity index (χ0) is 9.68. The SMILES string of the molecule is C/C=C/CN1CCCC(N(C)C)C1. The highest BCUT2D eigenvalue weighted by Crippen LogP contribution is 2.13. The molecule has 13 heavy (non-hydrogen) atoms. The van der Waals surface area contributed by atoms with E-state index >= 15 is 0 Å². The van der Waals surface area contributed by atoms with Gasteiger partial charge in [-0.15, -0.1) is 0 Å². The Morgan fingerprint density at radius 1 is 1.46 bits per heavy atom. The Balaban J connectivity index is 2.33. The van der Waals surface area contributed by atoms with Gasteiger partial charge in [-0.1, -0.05) is 12.2 Å². The molecule has 0 bridgehead atoms. The Kier molecular flexibility index (Phi) is 4.46. The van der Waals surface area contributed by atoms with Crippen LogP contribution in [-0.2, 0) is 0 Å². The number of hydrogen-bond donors (Lipinski definition) is 0. The van der Waals surface area contributed by atoms with E-state index in [1.807, 2.05) is 0 Å². The minimum Gasteiger partial charge on any atom is -0.305 e.